The number of nitrogens with zero attached hydrogens (tertiary/aromatic N) is 1. The molecule has 3 aliphatic rings. The fourth-order valence-electron chi connectivity index (χ4n) is 5.37. The minimum absolute atomic E-state index is 0.132. The molecule has 1 aliphatic carbocycles. The van der Waals surface area contributed by atoms with Crippen molar-refractivity contribution in [2.75, 3.05) is 19.7 Å². The van der Waals surface area contributed by atoms with Crippen LogP contribution in [0.5, 0.6) is 0 Å². The molecule has 0 bridgehead atoms. The quantitative estimate of drug-likeness (QED) is 0.753. The minimum atomic E-state index is -1.62. The minimum Gasteiger partial charge on any atom is -0.477 e. The Morgan fingerprint density at radius 2 is 1.69 bits per heavy atom. The molecule has 0 unspecified atom stereocenters. The molecule has 7 heteroatoms. The standard InChI is InChI=1S/C25H25F2NO4/c26-19-12-17(13-20(27)22(19)24(30)31)15-3-5-16(6-4-15)18-14-25(18)7-9-28(10-8-25)23(29)21-2-1-11-32-21/h3-6,12-13,18,21H,1-2,7-11,14H2,(H,30,31)/t18-,21-/m1/s1. The average Bonchev–Trinajstić information content (AvgIpc) is 3.20. The summed E-state index contributed by atoms with van der Waals surface area (Å²) < 4.78 is 33.6. The number of benzene rings is 2. The molecule has 0 radical (unpaired) electrons. The molecule has 5 rings (SSSR count). The highest BCUT2D eigenvalue weighted by atomic mass is 19.1. The van der Waals surface area contributed by atoms with E-state index in [1.165, 1.54) is 5.56 Å². The second-order valence-corrected chi connectivity index (χ2v) is 9.19. The maximum Gasteiger partial charge on any atom is 0.341 e. The second-order valence-electron chi connectivity index (χ2n) is 9.19. The highest BCUT2D eigenvalue weighted by molar-refractivity contribution is 5.89. The van der Waals surface area contributed by atoms with Gasteiger partial charge in [0.25, 0.3) is 5.91 Å². The highest BCUT2D eigenvalue weighted by Crippen LogP contribution is 2.65. The van der Waals surface area contributed by atoms with Crippen LogP contribution in [0.1, 0.15) is 53.9 Å². The van der Waals surface area contributed by atoms with E-state index in [4.69, 9.17) is 9.84 Å². The lowest BCUT2D eigenvalue weighted by Gasteiger charge is -2.34. The van der Waals surface area contributed by atoms with Crippen LogP contribution >= 0.6 is 0 Å². The van der Waals surface area contributed by atoms with Gasteiger partial charge in [-0.3, -0.25) is 4.79 Å². The van der Waals surface area contributed by atoms with E-state index in [9.17, 15) is 18.4 Å². The van der Waals surface area contributed by atoms with E-state index in [0.717, 1.165) is 57.3 Å². The number of amides is 1. The zero-order valence-corrected chi connectivity index (χ0v) is 17.7. The van der Waals surface area contributed by atoms with E-state index in [1.54, 1.807) is 0 Å². The van der Waals surface area contributed by atoms with Gasteiger partial charge in [-0.25, -0.2) is 13.6 Å². The number of ether oxygens (including phenoxy) is 1. The topological polar surface area (TPSA) is 66.8 Å². The number of halogens is 2. The maximum absolute atomic E-state index is 14.0. The van der Waals surface area contributed by atoms with Crippen LogP contribution in [-0.4, -0.2) is 47.7 Å². The molecule has 5 nitrogen and oxygen atoms in total. The summed E-state index contributed by atoms with van der Waals surface area (Å²) in [5.41, 5.74) is 1.43. The molecule has 2 aliphatic heterocycles. The summed E-state index contributed by atoms with van der Waals surface area (Å²) in [7, 11) is 0. The van der Waals surface area contributed by atoms with Crippen LogP contribution in [0.15, 0.2) is 36.4 Å². The number of carboxylic acids is 1. The van der Waals surface area contributed by atoms with Gasteiger partial charge in [0.1, 0.15) is 23.3 Å². The molecular formula is C25H25F2NO4. The Morgan fingerprint density at radius 1 is 1.03 bits per heavy atom. The lowest BCUT2D eigenvalue weighted by Crippen LogP contribution is -2.44. The summed E-state index contributed by atoms with van der Waals surface area (Å²) in [5.74, 6) is -3.22. The normalized spacial score (nSPS) is 24.0. The van der Waals surface area contributed by atoms with Gasteiger partial charge in [-0.15, -0.1) is 0 Å². The zero-order chi connectivity index (χ0) is 22.5. The third-order valence-corrected chi connectivity index (χ3v) is 7.37. The molecule has 0 aromatic heterocycles. The monoisotopic (exact) mass is 441 g/mol. The predicted octanol–water partition coefficient (Wildman–Crippen LogP) is 4.61. The van der Waals surface area contributed by atoms with E-state index in [2.05, 4.69) is 0 Å². The summed E-state index contributed by atoms with van der Waals surface area (Å²) >= 11 is 0. The number of carbonyl (C=O) groups is 2. The van der Waals surface area contributed by atoms with Crippen molar-refractivity contribution in [2.45, 2.75) is 44.1 Å². The molecule has 3 fully saturated rings. The summed E-state index contributed by atoms with van der Waals surface area (Å²) in [6, 6.07) is 9.74. The molecule has 32 heavy (non-hydrogen) atoms. The largest absolute Gasteiger partial charge is 0.477 e. The van der Waals surface area contributed by atoms with Gasteiger partial charge in [0, 0.05) is 19.7 Å². The number of hydrogen-bond acceptors (Lipinski definition) is 3. The van der Waals surface area contributed by atoms with Gasteiger partial charge in [0.15, 0.2) is 0 Å². The van der Waals surface area contributed by atoms with Gasteiger partial charge in [-0.2, -0.15) is 0 Å². The Hall–Kier alpha value is -2.80. The molecule has 2 atom stereocenters. The Labute approximate surface area is 185 Å². The summed E-state index contributed by atoms with van der Waals surface area (Å²) in [6.45, 7) is 2.21. The number of likely N-dealkylation sites (tertiary alicyclic amines) is 1. The van der Waals surface area contributed by atoms with Crippen molar-refractivity contribution in [3.8, 4) is 11.1 Å². The average molecular weight is 441 g/mol. The predicted molar refractivity (Wildman–Crippen MR) is 113 cm³/mol. The van der Waals surface area contributed by atoms with E-state index in [1.807, 2.05) is 29.2 Å². The van der Waals surface area contributed by atoms with Gasteiger partial charge in [0.05, 0.1) is 0 Å². The lowest BCUT2D eigenvalue weighted by molar-refractivity contribution is -0.142. The SMILES string of the molecule is O=C(O)c1c(F)cc(-c2ccc([C@H]3CC34CCN(C(=O)[C@H]3CCCO3)CC4)cc2)cc1F. The third kappa shape index (κ3) is 3.68. The van der Waals surface area contributed by atoms with Crippen LogP contribution in [0.2, 0.25) is 0 Å². The van der Waals surface area contributed by atoms with E-state index in [0.29, 0.717) is 23.7 Å². The van der Waals surface area contributed by atoms with E-state index in [-0.39, 0.29) is 17.4 Å². The summed E-state index contributed by atoms with van der Waals surface area (Å²) in [6.07, 6.45) is 4.56. The molecule has 2 saturated heterocycles. The van der Waals surface area contributed by atoms with Crippen LogP contribution in [0.25, 0.3) is 11.1 Å². The third-order valence-electron chi connectivity index (χ3n) is 7.37. The molecule has 168 valence electrons. The molecular weight excluding hydrogens is 416 g/mol. The fourth-order valence-corrected chi connectivity index (χ4v) is 5.37. The van der Waals surface area contributed by atoms with Crippen molar-refractivity contribution >= 4 is 11.9 Å². The number of hydrogen-bond donors (Lipinski definition) is 1. The Morgan fingerprint density at radius 3 is 2.25 bits per heavy atom. The lowest BCUT2D eigenvalue weighted by atomic mass is 9.88. The Kier molecular flexibility index (Phi) is 5.24. The number of carbonyl (C=O) groups excluding carboxylic acids is 1. The van der Waals surface area contributed by atoms with Gasteiger partial charge < -0.3 is 14.7 Å². The van der Waals surface area contributed by atoms with E-state index < -0.39 is 23.2 Å². The molecule has 1 amide bonds. The van der Waals surface area contributed by atoms with E-state index >= 15 is 0 Å². The van der Waals surface area contributed by atoms with Gasteiger partial charge in [-0.1, -0.05) is 24.3 Å². The van der Waals surface area contributed by atoms with Crippen molar-refractivity contribution in [1.29, 1.82) is 0 Å². The first-order valence-corrected chi connectivity index (χ1v) is 11.1. The van der Waals surface area contributed by atoms with Crippen molar-refractivity contribution in [3.63, 3.8) is 0 Å². The maximum atomic E-state index is 14.0. The Balaban J connectivity index is 1.24. The van der Waals surface area contributed by atoms with Crippen LogP contribution in [0, 0.1) is 17.0 Å². The molecule has 1 N–H and O–H groups in total. The Bertz CT molecular complexity index is 1030. The summed E-state index contributed by atoms with van der Waals surface area (Å²) in [4.78, 5) is 25.5. The van der Waals surface area contributed by atoms with Crippen molar-refractivity contribution < 1.29 is 28.2 Å². The van der Waals surface area contributed by atoms with Crippen LogP contribution < -0.4 is 0 Å². The highest BCUT2D eigenvalue weighted by Gasteiger charge is 2.55. The second kappa shape index (κ2) is 7.96. The smallest absolute Gasteiger partial charge is 0.341 e. The summed E-state index contributed by atoms with van der Waals surface area (Å²) in [5, 5.41) is 8.93. The van der Waals surface area contributed by atoms with Crippen molar-refractivity contribution in [3.05, 3.63) is 59.2 Å². The van der Waals surface area contributed by atoms with Crippen LogP contribution in [0.3, 0.4) is 0 Å². The van der Waals surface area contributed by atoms with Gasteiger partial charge in [-0.05, 0) is 72.3 Å². The molecule has 2 aromatic rings. The molecule has 2 aromatic carbocycles. The van der Waals surface area contributed by atoms with Crippen molar-refractivity contribution in [2.24, 2.45) is 5.41 Å². The molecule has 1 saturated carbocycles. The zero-order valence-electron chi connectivity index (χ0n) is 17.7. The van der Waals surface area contributed by atoms with Gasteiger partial charge >= 0.3 is 5.97 Å². The first kappa shape index (κ1) is 21.1. The first-order valence-electron chi connectivity index (χ1n) is 11.1. The number of carboxylic acid groups (broad SMARTS) is 1. The van der Waals surface area contributed by atoms with Crippen LogP contribution in [0.4, 0.5) is 8.78 Å². The van der Waals surface area contributed by atoms with Crippen LogP contribution in [-0.2, 0) is 9.53 Å². The van der Waals surface area contributed by atoms with Crippen molar-refractivity contribution in [1.82, 2.24) is 4.90 Å². The van der Waals surface area contributed by atoms with Gasteiger partial charge in [0.2, 0.25) is 0 Å². The first-order chi connectivity index (χ1) is 15.4. The number of aromatic carboxylic acids is 1. The number of piperidine rings is 1. The molecule has 2 heterocycles. The fraction of sp³-hybridized carbons (Fsp3) is 0.440. The number of rotatable bonds is 4. The molecule has 1 spiro atoms.